The summed E-state index contributed by atoms with van der Waals surface area (Å²) in [4.78, 5) is 16.9. The molecule has 3 fully saturated rings. The number of piperidine rings is 1. The van der Waals surface area contributed by atoms with Crippen molar-refractivity contribution in [3.8, 4) is 5.75 Å². The van der Waals surface area contributed by atoms with Gasteiger partial charge in [-0.3, -0.25) is 0 Å². The molecule has 4 rings (SSSR count). The van der Waals surface area contributed by atoms with Crippen LogP contribution in [0.15, 0.2) is 6.07 Å². The number of phenols is 1. The van der Waals surface area contributed by atoms with E-state index in [1.165, 1.54) is 30.4 Å². The zero-order valence-corrected chi connectivity index (χ0v) is 20.3. The molecular weight excluding hydrogens is 388 g/mol. The highest BCUT2D eigenvalue weighted by atomic mass is 16.6. The lowest BCUT2D eigenvalue weighted by molar-refractivity contribution is -0.0347. The molecule has 5 nitrogen and oxygen atoms in total. The van der Waals surface area contributed by atoms with E-state index in [4.69, 9.17) is 4.74 Å². The van der Waals surface area contributed by atoms with Gasteiger partial charge in [-0.15, -0.1) is 0 Å². The van der Waals surface area contributed by atoms with Crippen LogP contribution in [-0.2, 0) is 4.74 Å². The molecule has 1 N–H and O–H groups in total. The van der Waals surface area contributed by atoms with Gasteiger partial charge in [0.1, 0.15) is 11.4 Å². The molecule has 2 saturated heterocycles. The van der Waals surface area contributed by atoms with E-state index in [-0.39, 0.29) is 6.09 Å². The molecule has 1 amide bonds. The minimum Gasteiger partial charge on any atom is -0.507 e. The fourth-order valence-corrected chi connectivity index (χ4v) is 5.98. The van der Waals surface area contributed by atoms with Crippen LogP contribution < -0.4 is 0 Å². The van der Waals surface area contributed by atoms with Crippen LogP contribution in [0.5, 0.6) is 5.75 Å². The van der Waals surface area contributed by atoms with Crippen molar-refractivity contribution in [3.05, 3.63) is 28.3 Å². The Kier molecular flexibility index (Phi) is 5.78. The summed E-state index contributed by atoms with van der Waals surface area (Å²) >= 11 is 0. The largest absolute Gasteiger partial charge is 0.507 e. The van der Waals surface area contributed by atoms with Crippen LogP contribution in [0.4, 0.5) is 4.79 Å². The molecule has 1 aromatic rings. The first-order chi connectivity index (χ1) is 14.5. The van der Waals surface area contributed by atoms with Gasteiger partial charge in [0, 0.05) is 24.5 Å². The summed E-state index contributed by atoms with van der Waals surface area (Å²) in [7, 11) is 0. The zero-order chi connectivity index (χ0) is 22.6. The fraction of sp³-hybridized carbons (Fsp3) is 0.731. The van der Waals surface area contributed by atoms with Gasteiger partial charge in [-0.1, -0.05) is 6.07 Å². The Morgan fingerprint density at radius 2 is 1.74 bits per heavy atom. The molecule has 31 heavy (non-hydrogen) atoms. The minimum absolute atomic E-state index is 0.161. The smallest absolute Gasteiger partial charge is 0.410 e. The van der Waals surface area contributed by atoms with Crippen molar-refractivity contribution in [3.63, 3.8) is 0 Å². The Morgan fingerprint density at radius 3 is 2.35 bits per heavy atom. The highest BCUT2D eigenvalue weighted by Gasteiger charge is 2.51. The van der Waals surface area contributed by atoms with E-state index in [1.807, 2.05) is 32.6 Å². The Hall–Kier alpha value is -1.75. The summed E-state index contributed by atoms with van der Waals surface area (Å²) in [5, 5.41) is 10.7. The second-order valence-corrected chi connectivity index (χ2v) is 11.4. The highest BCUT2D eigenvalue weighted by Crippen LogP contribution is 2.48. The van der Waals surface area contributed by atoms with Crippen LogP contribution >= 0.6 is 0 Å². The van der Waals surface area contributed by atoms with Gasteiger partial charge in [-0.2, -0.15) is 0 Å². The first-order valence-corrected chi connectivity index (χ1v) is 12.0. The molecule has 1 aromatic carbocycles. The second kappa shape index (κ2) is 7.99. The molecule has 172 valence electrons. The average Bonchev–Trinajstić information content (AvgIpc) is 3.13. The van der Waals surface area contributed by atoms with E-state index in [2.05, 4.69) is 24.8 Å². The Bertz CT molecular complexity index is 843. The molecule has 1 spiro atoms. The fourth-order valence-electron chi connectivity index (χ4n) is 5.98. The molecule has 1 aliphatic carbocycles. The quantitative estimate of drug-likeness (QED) is 0.696. The van der Waals surface area contributed by atoms with Crippen LogP contribution in [0.1, 0.15) is 81.0 Å². The number of nitrogens with zero attached hydrogens (tertiary/aromatic N) is 2. The first kappa shape index (κ1) is 22.4. The maximum atomic E-state index is 12.3. The Labute approximate surface area is 187 Å². The van der Waals surface area contributed by atoms with Crippen molar-refractivity contribution in [1.29, 1.82) is 0 Å². The number of likely N-dealkylation sites (tertiary alicyclic amines) is 2. The SMILES string of the molecule is Cc1cc(C2CCN([C@@H]3CCC4(C3)CN(C(=O)OC(C)(C)C)C4)CC2)c(O)c(C)c1C. The van der Waals surface area contributed by atoms with Crippen molar-refractivity contribution in [2.24, 2.45) is 5.41 Å². The van der Waals surface area contributed by atoms with E-state index < -0.39 is 5.60 Å². The van der Waals surface area contributed by atoms with Gasteiger partial charge in [-0.05, 0) is 115 Å². The number of hydrogen-bond acceptors (Lipinski definition) is 4. The minimum atomic E-state index is -0.425. The number of ether oxygens (including phenoxy) is 1. The van der Waals surface area contributed by atoms with Crippen molar-refractivity contribution in [1.82, 2.24) is 9.80 Å². The Balaban J connectivity index is 1.30. The van der Waals surface area contributed by atoms with E-state index in [9.17, 15) is 9.90 Å². The predicted octanol–water partition coefficient (Wildman–Crippen LogP) is 5.29. The van der Waals surface area contributed by atoms with Gasteiger partial charge >= 0.3 is 6.09 Å². The highest BCUT2D eigenvalue weighted by molar-refractivity contribution is 5.69. The molecular formula is C26H40N2O3. The van der Waals surface area contributed by atoms with Crippen LogP contribution in [0.2, 0.25) is 0 Å². The van der Waals surface area contributed by atoms with E-state index in [0.717, 1.165) is 50.1 Å². The van der Waals surface area contributed by atoms with Crippen molar-refractivity contribution in [2.75, 3.05) is 26.2 Å². The molecule has 5 heteroatoms. The molecule has 2 aliphatic heterocycles. The lowest BCUT2D eigenvalue weighted by Crippen LogP contribution is -2.58. The number of amides is 1. The van der Waals surface area contributed by atoms with Gasteiger partial charge in [-0.25, -0.2) is 4.79 Å². The standard InChI is InChI=1S/C26H40N2O3/c1-17-13-22(23(29)19(3)18(17)2)20-8-11-27(12-9-20)21-7-10-26(14-21)15-28(16-26)24(30)31-25(4,5)6/h13,20-21,29H,7-12,14-16H2,1-6H3/t21-/m1/s1. The lowest BCUT2D eigenvalue weighted by atomic mass is 9.78. The third-order valence-corrected chi connectivity index (χ3v) is 8.02. The number of hydrogen-bond donors (Lipinski definition) is 1. The normalized spacial score (nSPS) is 24.5. The molecule has 1 atom stereocenters. The van der Waals surface area contributed by atoms with Crippen molar-refractivity contribution in [2.45, 2.75) is 91.2 Å². The van der Waals surface area contributed by atoms with Gasteiger partial charge < -0.3 is 19.6 Å². The summed E-state index contributed by atoms with van der Waals surface area (Å²) in [6.45, 7) is 16.0. The number of aryl methyl sites for hydroxylation is 1. The van der Waals surface area contributed by atoms with Crippen LogP contribution in [0.3, 0.4) is 0 Å². The number of phenolic OH excluding ortho intramolecular Hbond substituents is 1. The van der Waals surface area contributed by atoms with E-state index in [1.54, 1.807) is 0 Å². The van der Waals surface area contributed by atoms with Crippen LogP contribution in [0.25, 0.3) is 0 Å². The molecule has 3 aliphatic rings. The second-order valence-electron chi connectivity index (χ2n) is 11.4. The number of carbonyl (C=O) groups excluding carboxylic acids is 1. The lowest BCUT2D eigenvalue weighted by Gasteiger charge is -2.48. The number of benzene rings is 1. The molecule has 2 heterocycles. The summed E-state index contributed by atoms with van der Waals surface area (Å²) in [6.07, 6.45) is 5.72. The summed E-state index contributed by atoms with van der Waals surface area (Å²) in [5.41, 5.74) is 4.55. The first-order valence-electron chi connectivity index (χ1n) is 12.0. The third kappa shape index (κ3) is 4.44. The average molecular weight is 429 g/mol. The van der Waals surface area contributed by atoms with Crippen LogP contribution in [0, 0.1) is 26.2 Å². The molecule has 0 aromatic heterocycles. The van der Waals surface area contributed by atoms with Gasteiger partial charge in [0.05, 0.1) is 0 Å². The number of aromatic hydroxyl groups is 1. The third-order valence-electron chi connectivity index (χ3n) is 8.02. The molecule has 0 radical (unpaired) electrons. The molecule has 0 unspecified atom stereocenters. The zero-order valence-electron chi connectivity index (χ0n) is 20.3. The van der Waals surface area contributed by atoms with Crippen molar-refractivity contribution < 1.29 is 14.6 Å². The Morgan fingerprint density at radius 1 is 1.10 bits per heavy atom. The monoisotopic (exact) mass is 428 g/mol. The van der Waals surface area contributed by atoms with Crippen molar-refractivity contribution >= 4 is 6.09 Å². The topological polar surface area (TPSA) is 53.0 Å². The van der Waals surface area contributed by atoms with Gasteiger partial charge in [0.25, 0.3) is 0 Å². The maximum absolute atomic E-state index is 12.3. The maximum Gasteiger partial charge on any atom is 0.410 e. The summed E-state index contributed by atoms with van der Waals surface area (Å²) in [6, 6.07) is 2.85. The predicted molar refractivity (Wildman–Crippen MR) is 124 cm³/mol. The summed E-state index contributed by atoms with van der Waals surface area (Å²) < 4.78 is 5.53. The van der Waals surface area contributed by atoms with Gasteiger partial charge in [0.2, 0.25) is 0 Å². The van der Waals surface area contributed by atoms with E-state index >= 15 is 0 Å². The molecule has 0 bridgehead atoms. The van der Waals surface area contributed by atoms with Crippen LogP contribution in [-0.4, -0.2) is 58.8 Å². The summed E-state index contributed by atoms with van der Waals surface area (Å²) in [5.74, 6) is 0.967. The molecule has 1 saturated carbocycles. The van der Waals surface area contributed by atoms with Gasteiger partial charge in [0.15, 0.2) is 0 Å². The number of carbonyl (C=O) groups is 1. The van der Waals surface area contributed by atoms with E-state index in [0.29, 0.717) is 23.1 Å². The number of rotatable bonds is 2.